The molecule has 6 rings (SSSR count). The van der Waals surface area contributed by atoms with Gasteiger partial charge >= 0.3 is 11.9 Å². The number of rotatable bonds is 10. The Kier molecular flexibility index (Phi) is 22.9. The fourth-order valence-corrected chi connectivity index (χ4v) is 12.5. The van der Waals surface area contributed by atoms with Crippen molar-refractivity contribution in [2.45, 2.75) is 205 Å². The highest BCUT2D eigenvalue weighted by atomic mass is 16.6. The second-order valence-electron chi connectivity index (χ2n) is 23.2. The van der Waals surface area contributed by atoms with E-state index in [1.807, 2.05) is 73.9 Å². The van der Waals surface area contributed by atoms with Crippen molar-refractivity contribution in [3.63, 3.8) is 0 Å². The van der Waals surface area contributed by atoms with Crippen molar-refractivity contribution >= 4 is 35.2 Å². The maximum absolute atomic E-state index is 14.7. The molecule has 0 spiro atoms. The van der Waals surface area contributed by atoms with Gasteiger partial charge in [-0.25, -0.2) is 9.48 Å². The van der Waals surface area contributed by atoms with E-state index < -0.39 is 89.8 Å². The molecule has 1 saturated carbocycles. The highest BCUT2D eigenvalue weighted by molar-refractivity contribution is 6.39. The first-order valence-corrected chi connectivity index (χ1v) is 28.5. The van der Waals surface area contributed by atoms with Crippen LogP contribution >= 0.6 is 0 Å². The molecule has 0 radical (unpaired) electrons. The largest absolute Gasteiger partial charge is 0.480 e. The van der Waals surface area contributed by atoms with Crippen LogP contribution in [0.5, 0.6) is 0 Å². The molecule has 4 fully saturated rings. The molecular weight excluding hydrogens is 1000 g/mol. The average Bonchev–Trinajstić information content (AvgIpc) is 4.10. The molecule has 0 unspecified atom stereocenters. The van der Waals surface area contributed by atoms with Gasteiger partial charge in [0.25, 0.3) is 11.7 Å². The summed E-state index contributed by atoms with van der Waals surface area (Å²) in [5.74, 6) is -9.07. The Morgan fingerprint density at radius 2 is 1.63 bits per heavy atom. The van der Waals surface area contributed by atoms with Gasteiger partial charge in [0.05, 0.1) is 36.2 Å². The van der Waals surface area contributed by atoms with Crippen molar-refractivity contribution in [2.75, 3.05) is 34.4 Å². The van der Waals surface area contributed by atoms with Gasteiger partial charge in [0.2, 0.25) is 5.79 Å². The minimum Gasteiger partial charge on any atom is -0.480 e. The molecule has 4 aliphatic heterocycles. The minimum absolute atomic E-state index is 0.00178. The fourth-order valence-electron chi connectivity index (χ4n) is 12.5. The number of amides is 1. The number of piperidine rings is 1. The minimum atomic E-state index is -2.46. The van der Waals surface area contributed by atoms with Crippen LogP contribution in [0.15, 0.2) is 53.8 Å². The molecule has 3 saturated heterocycles. The summed E-state index contributed by atoms with van der Waals surface area (Å²) < 4.78 is 32.0. The van der Waals surface area contributed by atoms with Crippen molar-refractivity contribution in [3.05, 3.63) is 59.5 Å². The van der Waals surface area contributed by atoms with Crippen LogP contribution in [0, 0.1) is 35.5 Å². The topological polar surface area (TPSA) is 246 Å². The van der Waals surface area contributed by atoms with Gasteiger partial charge < -0.3 is 43.9 Å². The maximum Gasteiger partial charge on any atom is 0.329 e. The number of hydrogen-bond acceptors (Lipinski definition) is 16. The molecule has 2 bridgehead atoms. The molecule has 78 heavy (non-hydrogen) atoms. The van der Waals surface area contributed by atoms with Crippen molar-refractivity contribution < 1.29 is 67.8 Å². The second kappa shape index (κ2) is 28.6. The van der Waals surface area contributed by atoms with E-state index in [0.717, 1.165) is 18.4 Å². The van der Waals surface area contributed by atoms with E-state index in [2.05, 4.69) is 10.3 Å². The van der Waals surface area contributed by atoms with E-state index in [9.17, 15) is 44.1 Å². The molecule has 1 amide bonds. The molecule has 16 atom stereocenters. The van der Waals surface area contributed by atoms with Crippen LogP contribution in [0.3, 0.4) is 0 Å². The Morgan fingerprint density at radius 3 is 2.33 bits per heavy atom. The number of ether oxygens (including phenoxy) is 5. The summed E-state index contributed by atoms with van der Waals surface area (Å²) in [5, 5.41) is 42.2. The molecule has 1 aromatic rings. The lowest BCUT2D eigenvalue weighted by Crippen LogP contribution is -2.61. The number of allylic oxidation sites excluding steroid dienone is 6. The van der Waals surface area contributed by atoms with Gasteiger partial charge in [-0.2, -0.15) is 0 Å². The lowest BCUT2D eigenvalue weighted by Gasteiger charge is -2.42. The van der Waals surface area contributed by atoms with Crippen molar-refractivity contribution in [1.29, 1.82) is 0 Å². The molecule has 3 N–H and O–H groups in total. The van der Waals surface area contributed by atoms with E-state index in [1.54, 1.807) is 41.1 Å². The molecule has 19 heteroatoms. The summed E-state index contributed by atoms with van der Waals surface area (Å²) in [6.07, 6.45) is 15.0. The van der Waals surface area contributed by atoms with Crippen LogP contribution in [-0.4, -0.2) is 164 Å². The van der Waals surface area contributed by atoms with E-state index in [-0.39, 0.29) is 60.9 Å². The van der Waals surface area contributed by atoms with Gasteiger partial charge in [-0.3, -0.25) is 28.9 Å². The predicted molar refractivity (Wildman–Crippen MR) is 289 cm³/mol. The Morgan fingerprint density at radius 1 is 0.872 bits per heavy atom. The standard InChI is InChI=1S/C59H89N5O14/c1-35-17-12-11-13-18-36(2)49(74-8)31-44-23-21-41(7)59(73,78-44)55(68)56(69)63-26-15-14-19-47(63)58(72)77-50(32-48(65)37(3)28-40(6)53(67)54(76-10)52(66)39(5)27-35)38(4)29-42-22-24-45(51(30-42)75-9)64-34-43(60-61-64)33-62-25-16-20-46(62)57(70)71/h11-13,17-18,28,34-35,37-39,41-42,44-47,49-51,53-54,67,73H,14-16,19-27,29-33H2,1-10H3,(H,70,71)/b13-11+,17-12+,36-18+,40-28+/t35-,37-,38-,39-,41-,42+,44+,45+,46+,47+,49+,50+,51-,53-,54+,59-/m1/s1. The molecule has 1 aliphatic carbocycles. The van der Waals surface area contributed by atoms with Gasteiger partial charge in [0, 0.05) is 65.0 Å². The van der Waals surface area contributed by atoms with Crippen LogP contribution in [0.1, 0.15) is 150 Å². The fraction of sp³-hybridized carbons (Fsp3) is 0.729. The second-order valence-corrected chi connectivity index (χ2v) is 23.2. The number of carboxylic acid groups (broad SMARTS) is 1. The first-order valence-electron chi connectivity index (χ1n) is 28.5. The summed E-state index contributed by atoms with van der Waals surface area (Å²) >= 11 is 0. The number of fused-ring (bicyclic) bond motifs is 3. The van der Waals surface area contributed by atoms with E-state index in [4.69, 9.17) is 23.7 Å². The first kappa shape index (κ1) is 62.4. The molecule has 19 nitrogen and oxygen atoms in total. The summed E-state index contributed by atoms with van der Waals surface area (Å²) in [4.78, 5) is 86.7. The van der Waals surface area contributed by atoms with E-state index in [1.165, 1.54) is 12.0 Å². The Balaban J connectivity index is 1.26. The number of aliphatic carboxylic acids is 1. The molecule has 0 aromatic carbocycles. The number of ketones is 3. The molecule has 1 aromatic heterocycles. The van der Waals surface area contributed by atoms with Crippen molar-refractivity contribution in [2.24, 2.45) is 35.5 Å². The third-order valence-electron chi connectivity index (χ3n) is 17.4. The lowest BCUT2D eigenvalue weighted by atomic mass is 9.77. The monoisotopic (exact) mass is 1090 g/mol. The number of aromatic nitrogens is 3. The van der Waals surface area contributed by atoms with Crippen molar-refractivity contribution in [3.8, 4) is 0 Å². The van der Waals surface area contributed by atoms with Gasteiger partial charge in [-0.1, -0.05) is 76.3 Å². The molecular formula is C59H89N5O14. The van der Waals surface area contributed by atoms with Gasteiger partial charge in [0.1, 0.15) is 36.2 Å². The summed E-state index contributed by atoms with van der Waals surface area (Å²) in [6.45, 7) is 13.8. The van der Waals surface area contributed by atoms with Crippen molar-refractivity contribution in [1.82, 2.24) is 24.8 Å². The van der Waals surface area contributed by atoms with Crippen LogP contribution in [0.4, 0.5) is 0 Å². The summed E-state index contributed by atoms with van der Waals surface area (Å²) in [7, 11) is 4.60. The normalized spacial score (nSPS) is 37.8. The Hall–Kier alpha value is -4.76. The van der Waals surface area contributed by atoms with Crippen LogP contribution < -0.4 is 0 Å². The highest BCUT2D eigenvalue weighted by Crippen LogP contribution is 2.40. The van der Waals surface area contributed by atoms with Crippen LogP contribution in [0.2, 0.25) is 0 Å². The number of Topliss-reactive ketones (excluding diaryl/α,β-unsaturated/α-hetero) is 3. The van der Waals surface area contributed by atoms with Gasteiger partial charge in [-0.05, 0) is 126 Å². The number of cyclic esters (lactones) is 1. The highest BCUT2D eigenvalue weighted by Gasteiger charge is 2.53. The third-order valence-corrected chi connectivity index (χ3v) is 17.4. The molecule has 434 valence electrons. The SMILES string of the molecule is CO[C@H]1C[C@@H]2CC[C@@H](C)[C@@](O)(O2)C(=O)C(=O)N2CCCC[C@H]2C(=O)O[C@H]([C@H](C)C[C@@H]2CC[C@H](n3cc(CN4CCC[C@H]4C(=O)O)nn3)[C@H](OC)C2)CC(=O)[C@H](C)/C=C(\C)[C@@H](O)[C@@H](OC)C(=O)[C@H](C)C[C@H](C)/C=C/C=C/C=C/1C. The predicted octanol–water partition coefficient (Wildman–Crippen LogP) is 6.70. The zero-order valence-corrected chi connectivity index (χ0v) is 47.8. The number of carbonyl (C=O) groups is 6. The first-order chi connectivity index (χ1) is 37.1. The number of aliphatic hydroxyl groups is 2. The number of carboxylic acids is 1. The Labute approximate surface area is 461 Å². The number of esters is 1. The van der Waals surface area contributed by atoms with Crippen LogP contribution in [0.25, 0.3) is 0 Å². The maximum atomic E-state index is 14.7. The van der Waals surface area contributed by atoms with E-state index >= 15 is 0 Å². The number of hydrogen-bond donors (Lipinski definition) is 3. The summed E-state index contributed by atoms with van der Waals surface area (Å²) in [6, 6.07) is -1.86. The number of aliphatic hydroxyl groups excluding tert-OH is 1. The number of methoxy groups -OCH3 is 3. The smallest absolute Gasteiger partial charge is 0.329 e. The van der Waals surface area contributed by atoms with E-state index in [0.29, 0.717) is 88.6 Å². The zero-order chi connectivity index (χ0) is 57.0. The number of nitrogens with zero attached hydrogens (tertiary/aromatic N) is 5. The third kappa shape index (κ3) is 15.6. The van der Waals surface area contributed by atoms with Crippen LogP contribution in [-0.2, 0) is 59.0 Å². The van der Waals surface area contributed by atoms with Gasteiger partial charge in [0.15, 0.2) is 5.78 Å². The number of likely N-dealkylation sites (tertiary alicyclic amines) is 1. The Bertz CT molecular complexity index is 2370. The lowest BCUT2D eigenvalue weighted by molar-refractivity contribution is -0.265. The summed E-state index contributed by atoms with van der Waals surface area (Å²) in [5.41, 5.74) is 1.92. The average molecular weight is 1090 g/mol. The molecule has 5 aliphatic rings. The molecule has 5 heterocycles. The van der Waals surface area contributed by atoms with Gasteiger partial charge in [-0.15, -0.1) is 5.10 Å². The zero-order valence-electron chi connectivity index (χ0n) is 47.8. The number of carbonyl (C=O) groups excluding carboxylic acids is 5. The quantitative estimate of drug-likeness (QED) is 0.125.